The largest absolute Gasteiger partial charge is 0.467 e. The molecular formula is C19H15ClF3N5O3. The van der Waals surface area contributed by atoms with E-state index >= 15 is 0 Å². The summed E-state index contributed by atoms with van der Waals surface area (Å²) < 4.78 is 47.6. The highest BCUT2D eigenvalue weighted by Gasteiger charge is 2.30. The maximum Gasteiger partial charge on any atom is 0.422 e. The molecule has 8 nitrogen and oxygen atoms in total. The van der Waals surface area contributed by atoms with Gasteiger partial charge in [0.05, 0.1) is 6.54 Å². The minimum Gasteiger partial charge on any atom is -0.467 e. The number of carbonyl (C=O) groups is 1. The third kappa shape index (κ3) is 5.48. The van der Waals surface area contributed by atoms with E-state index in [0.29, 0.717) is 22.3 Å². The van der Waals surface area contributed by atoms with Crippen molar-refractivity contribution in [2.45, 2.75) is 31.5 Å². The fourth-order valence-corrected chi connectivity index (χ4v) is 2.80. The first kappa shape index (κ1) is 21.0. The summed E-state index contributed by atoms with van der Waals surface area (Å²) in [6, 6.07) is 7.54. The van der Waals surface area contributed by atoms with E-state index in [0.717, 1.165) is 12.8 Å². The molecule has 0 radical (unpaired) electrons. The van der Waals surface area contributed by atoms with E-state index in [9.17, 15) is 18.0 Å². The molecule has 0 bridgehead atoms. The Balaban J connectivity index is 1.52. The van der Waals surface area contributed by atoms with Gasteiger partial charge in [0, 0.05) is 16.5 Å². The van der Waals surface area contributed by atoms with Crippen LogP contribution in [0.25, 0.3) is 11.1 Å². The van der Waals surface area contributed by atoms with Crippen molar-refractivity contribution in [2.75, 3.05) is 6.61 Å². The first-order chi connectivity index (χ1) is 14.8. The number of amides is 1. The van der Waals surface area contributed by atoms with Gasteiger partial charge in [-0.1, -0.05) is 28.9 Å². The second kappa shape index (κ2) is 8.50. The maximum atomic E-state index is 12.6. The maximum absolute atomic E-state index is 12.6. The SMILES string of the molecule is O=C(NCc1noc(C2CC2)n1)c1cc(-c2ccc(Cl)cc2)c(OCC(F)(F)F)nn1. The van der Waals surface area contributed by atoms with Crippen LogP contribution in [-0.2, 0) is 6.54 Å². The number of ether oxygens (including phenoxy) is 1. The molecule has 31 heavy (non-hydrogen) atoms. The molecule has 3 aromatic rings. The van der Waals surface area contributed by atoms with Gasteiger partial charge in [0.25, 0.3) is 5.91 Å². The highest BCUT2D eigenvalue weighted by atomic mass is 35.5. The zero-order valence-corrected chi connectivity index (χ0v) is 16.6. The summed E-state index contributed by atoms with van der Waals surface area (Å²) in [5.41, 5.74) is 0.504. The second-order valence-electron chi connectivity index (χ2n) is 6.86. The Hall–Kier alpha value is -3.21. The lowest BCUT2D eigenvalue weighted by atomic mass is 10.1. The zero-order chi connectivity index (χ0) is 22.0. The number of benzene rings is 1. The molecule has 1 amide bonds. The molecule has 1 aliphatic rings. The highest BCUT2D eigenvalue weighted by Crippen LogP contribution is 2.38. The predicted molar refractivity (Wildman–Crippen MR) is 101 cm³/mol. The topological polar surface area (TPSA) is 103 Å². The first-order valence-corrected chi connectivity index (χ1v) is 9.60. The van der Waals surface area contributed by atoms with Crippen LogP contribution in [0.15, 0.2) is 34.9 Å². The summed E-state index contributed by atoms with van der Waals surface area (Å²) in [5.74, 6) is 0.173. The standard InChI is InChI=1S/C19H15ClF3N5O3/c20-12-5-3-10(4-6-12)13-7-14(26-27-18(13)30-9-19(21,22)23)16(29)24-8-15-25-17(31-28-15)11-1-2-11/h3-7,11H,1-2,8-9H2,(H,24,29). The third-order valence-electron chi connectivity index (χ3n) is 4.34. The van der Waals surface area contributed by atoms with Crippen LogP contribution >= 0.6 is 11.6 Å². The Labute approximate surface area is 178 Å². The summed E-state index contributed by atoms with van der Waals surface area (Å²) in [4.78, 5) is 16.7. The van der Waals surface area contributed by atoms with Gasteiger partial charge in [0.1, 0.15) is 0 Å². The van der Waals surface area contributed by atoms with Gasteiger partial charge in [-0.05, 0) is 36.6 Å². The normalized spacial score (nSPS) is 13.8. The number of rotatable bonds is 7. The molecule has 2 heterocycles. The van der Waals surface area contributed by atoms with Crippen molar-refractivity contribution < 1.29 is 27.2 Å². The minimum absolute atomic E-state index is 0.000658. The number of nitrogens with zero attached hydrogens (tertiary/aromatic N) is 4. The lowest BCUT2D eigenvalue weighted by Gasteiger charge is -2.13. The van der Waals surface area contributed by atoms with Crippen LogP contribution in [0, 0.1) is 0 Å². The molecule has 0 atom stereocenters. The number of hydrogen-bond donors (Lipinski definition) is 1. The molecule has 1 fully saturated rings. The molecule has 1 N–H and O–H groups in total. The number of nitrogens with one attached hydrogen (secondary N) is 1. The molecule has 162 valence electrons. The van der Waals surface area contributed by atoms with Crippen molar-refractivity contribution in [1.82, 2.24) is 25.7 Å². The van der Waals surface area contributed by atoms with Gasteiger partial charge in [0.15, 0.2) is 18.1 Å². The van der Waals surface area contributed by atoms with Gasteiger partial charge in [-0.2, -0.15) is 18.2 Å². The Morgan fingerprint density at radius 2 is 1.97 bits per heavy atom. The van der Waals surface area contributed by atoms with Gasteiger partial charge < -0.3 is 14.6 Å². The number of halogens is 4. The van der Waals surface area contributed by atoms with Gasteiger partial charge >= 0.3 is 6.18 Å². The lowest BCUT2D eigenvalue weighted by Crippen LogP contribution is -2.25. The van der Waals surface area contributed by atoms with Crippen LogP contribution in [0.2, 0.25) is 5.02 Å². The van der Waals surface area contributed by atoms with E-state index in [1.54, 1.807) is 24.3 Å². The molecule has 1 aliphatic carbocycles. The van der Waals surface area contributed by atoms with Gasteiger partial charge in [0.2, 0.25) is 11.8 Å². The Kier molecular flexibility index (Phi) is 5.77. The first-order valence-electron chi connectivity index (χ1n) is 9.22. The molecule has 0 unspecified atom stereocenters. The fraction of sp³-hybridized carbons (Fsp3) is 0.316. The average Bonchev–Trinajstić information content (AvgIpc) is 3.48. The second-order valence-corrected chi connectivity index (χ2v) is 7.30. The van der Waals surface area contributed by atoms with E-state index < -0.39 is 18.7 Å². The monoisotopic (exact) mass is 453 g/mol. The Morgan fingerprint density at radius 3 is 2.65 bits per heavy atom. The van der Waals surface area contributed by atoms with Gasteiger partial charge in [-0.25, -0.2) is 0 Å². The van der Waals surface area contributed by atoms with Crippen molar-refractivity contribution in [3.05, 3.63) is 52.8 Å². The summed E-state index contributed by atoms with van der Waals surface area (Å²) >= 11 is 5.87. The van der Waals surface area contributed by atoms with Crippen LogP contribution in [0.1, 0.15) is 41.0 Å². The molecular weight excluding hydrogens is 439 g/mol. The molecule has 12 heteroatoms. The molecule has 1 aromatic carbocycles. The van der Waals surface area contributed by atoms with Crippen LogP contribution in [0.3, 0.4) is 0 Å². The van der Waals surface area contributed by atoms with Crippen molar-refractivity contribution in [3.8, 4) is 17.0 Å². The van der Waals surface area contributed by atoms with E-state index in [2.05, 4.69) is 25.7 Å². The van der Waals surface area contributed by atoms with Gasteiger partial charge in [-0.3, -0.25) is 4.79 Å². The van der Waals surface area contributed by atoms with Crippen molar-refractivity contribution in [2.24, 2.45) is 0 Å². The molecule has 0 spiro atoms. The van der Waals surface area contributed by atoms with E-state index in [-0.39, 0.29) is 29.6 Å². The summed E-state index contributed by atoms with van der Waals surface area (Å²) in [7, 11) is 0. The van der Waals surface area contributed by atoms with Crippen LogP contribution in [-0.4, -0.2) is 39.0 Å². The van der Waals surface area contributed by atoms with Gasteiger partial charge in [-0.15, -0.1) is 10.2 Å². The van der Waals surface area contributed by atoms with Crippen LogP contribution in [0.4, 0.5) is 13.2 Å². The molecule has 1 saturated carbocycles. The molecule has 0 saturated heterocycles. The number of aromatic nitrogens is 4. The number of carbonyl (C=O) groups excluding carboxylic acids is 1. The highest BCUT2D eigenvalue weighted by molar-refractivity contribution is 6.30. The van der Waals surface area contributed by atoms with Crippen LogP contribution < -0.4 is 10.1 Å². The van der Waals surface area contributed by atoms with Crippen molar-refractivity contribution in [3.63, 3.8) is 0 Å². The number of hydrogen-bond acceptors (Lipinski definition) is 7. The molecule has 0 aliphatic heterocycles. The fourth-order valence-electron chi connectivity index (χ4n) is 2.67. The number of alkyl halides is 3. The summed E-state index contributed by atoms with van der Waals surface area (Å²) in [5, 5.41) is 14.2. The van der Waals surface area contributed by atoms with Crippen molar-refractivity contribution >= 4 is 17.5 Å². The average molecular weight is 454 g/mol. The van der Waals surface area contributed by atoms with E-state index in [4.69, 9.17) is 20.9 Å². The minimum atomic E-state index is -4.56. The zero-order valence-electron chi connectivity index (χ0n) is 15.8. The quantitative estimate of drug-likeness (QED) is 0.578. The lowest BCUT2D eigenvalue weighted by molar-refractivity contribution is -0.154. The smallest absolute Gasteiger partial charge is 0.422 e. The van der Waals surface area contributed by atoms with Crippen molar-refractivity contribution in [1.29, 1.82) is 0 Å². The Bertz CT molecular complexity index is 1080. The summed E-state index contributed by atoms with van der Waals surface area (Å²) in [6.07, 6.45) is -2.56. The Morgan fingerprint density at radius 1 is 1.23 bits per heavy atom. The predicted octanol–water partition coefficient (Wildman–Crippen LogP) is 3.93. The van der Waals surface area contributed by atoms with Crippen LogP contribution in [0.5, 0.6) is 5.88 Å². The molecule has 2 aromatic heterocycles. The van der Waals surface area contributed by atoms with E-state index in [1.807, 2.05) is 0 Å². The third-order valence-corrected chi connectivity index (χ3v) is 4.59. The summed E-state index contributed by atoms with van der Waals surface area (Å²) in [6.45, 7) is -1.55. The van der Waals surface area contributed by atoms with E-state index in [1.165, 1.54) is 6.07 Å². The molecule has 4 rings (SSSR count).